The Morgan fingerprint density at radius 3 is 2.73 bits per heavy atom. The lowest BCUT2D eigenvalue weighted by Gasteiger charge is -2.25. The lowest BCUT2D eigenvalue weighted by atomic mass is 10.0. The molecule has 88 valence electrons. The number of amides is 1. The Kier molecular flexibility index (Phi) is 4.54. The minimum atomic E-state index is -0.377. The fourth-order valence-corrected chi connectivity index (χ4v) is 1.74. The third kappa shape index (κ3) is 3.47. The zero-order valence-corrected chi connectivity index (χ0v) is 9.90. The topological polar surface area (TPSA) is 55.6 Å². The van der Waals surface area contributed by atoms with E-state index in [1.165, 1.54) is 0 Å². The summed E-state index contributed by atoms with van der Waals surface area (Å²) in [6, 6.07) is -0.377. The van der Waals surface area contributed by atoms with Gasteiger partial charge in [0.1, 0.15) is 0 Å². The fraction of sp³-hybridized carbons (Fsp3) is 0.909. The highest BCUT2D eigenvalue weighted by Gasteiger charge is 2.24. The Balaban J connectivity index is 2.38. The maximum Gasteiger partial charge on any atom is 0.239 e. The molecule has 2 N–H and O–H groups in total. The Hall–Kier alpha value is -0.610. The first-order chi connectivity index (χ1) is 7.02. The zero-order valence-electron chi connectivity index (χ0n) is 9.90. The van der Waals surface area contributed by atoms with E-state index >= 15 is 0 Å². The molecule has 0 radical (unpaired) electrons. The molecule has 1 aliphatic rings. The van der Waals surface area contributed by atoms with Gasteiger partial charge in [0.2, 0.25) is 5.91 Å². The molecule has 1 fully saturated rings. The van der Waals surface area contributed by atoms with Gasteiger partial charge >= 0.3 is 0 Å². The molecule has 0 spiro atoms. The largest absolute Gasteiger partial charge is 0.381 e. The lowest BCUT2D eigenvalue weighted by Crippen LogP contribution is -2.46. The van der Waals surface area contributed by atoms with E-state index in [9.17, 15) is 4.79 Å². The molecule has 0 saturated carbocycles. The van der Waals surface area contributed by atoms with Crippen molar-refractivity contribution in [2.75, 3.05) is 26.8 Å². The molecular formula is C11H22N2O2. The van der Waals surface area contributed by atoms with Gasteiger partial charge in [0.25, 0.3) is 0 Å². The normalized spacial score (nSPS) is 23.1. The second-order valence-corrected chi connectivity index (χ2v) is 4.72. The average Bonchev–Trinajstić information content (AvgIpc) is 2.67. The van der Waals surface area contributed by atoms with Crippen LogP contribution in [0.2, 0.25) is 0 Å². The van der Waals surface area contributed by atoms with Crippen molar-refractivity contribution < 1.29 is 9.53 Å². The van der Waals surface area contributed by atoms with E-state index < -0.39 is 0 Å². The van der Waals surface area contributed by atoms with E-state index in [1.54, 1.807) is 4.90 Å². The number of hydrogen-bond donors (Lipinski definition) is 1. The van der Waals surface area contributed by atoms with Crippen LogP contribution in [0, 0.1) is 11.8 Å². The molecule has 15 heavy (non-hydrogen) atoms. The van der Waals surface area contributed by atoms with Crippen molar-refractivity contribution in [3.8, 4) is 0 Å². The summed E-state index contributed by atoms with van der Waals surface area (Å²) in [6.07, 6.45) is 1.05. The van der Waals surface area contributed by atoms with Crippen LogP contribution in [0.4, 0.5) is 0 Å². The van der Waals surface area contributed by atoms with Crippen molar-refractivity contribution in [1.29, 1.82) is 0 Å². The minimum Gasteiger partial charge on any atom is -0.381 e. The summed E-state index contributed by atoms with van der Waals surface area (Å²) in [5.74, 6) is 0.718. The van der Waals surface area contributed by atoms with Crippen molar-refractivity contribution in [2.45, 2.75) is 26.3 Å². The molecule has 4 heteroatoms. The quantitative estimate of drug-likeness (QED) is 0.740. The van der Waals surface area contributed by atoms with Crippen molar-refractivity contribution in [3.05, 3.63) is 0 Å². The van der Waals surface area contributed by atoms with Crippen LogP contribution in [0.3, 0.4) is 0 Å². The van der Waals surface area contributed by atoms with Crippen LogP contribution >= 0.6 is 0 Å². The van der Waals surface area contributed by atoms with Crippen LogP contribution in [0.15, 0.2) is 0 Å². The number of hydrogen-bond acceptors (Lipinski definition) is 3. The SMILES string of the molecule is CC(C)C(N)C(=O)N(C)CC1CCOC1. The number of carbonyl (C=O) groups excluding carboxylic acids is 1. The molecule has 1 saturated heterocycles. The van der Waals surface area contributed by atoms with E-state index in [-0.39, 0.29) is 17.9 Å². The number of carbonyl (C=O) groups is 1. The van der Waals surface area contributed by atoms with Gasteiger partial charge < -0.3 is 15.4 Å². The average molecular weight is 214 g/mol. The Labute approximate surface area is 91.8 Å². The van der Waals surface area contributed by atoms with Crippen LogP contribution in [0.5, 0.6) is 0 Å². The standard InChI is InChI=1S/C11H22N2O2/c1-8(2)10(12)11(14)13(3)6-9-4-5-15-7-9/h8-10H,4-7,12H2,1-3H3. The number of ether oxygens (including phenoxy) is 1. The molecular weight excluding hydrogens is 192 g/mol. The fourth-order valence-electron chi connectivity index (χ4n) is 1.74. The predicted molar refractivity (Wildman–Crippen MR) is 59.4 cm³/mol. The second-order valence-electron chi connectivity index (χ2n) is 4.72. The maximum atomic E-state index is 11.8. The van der Waals surface area contributed by atoms with Crippen LogP contribution in [-0.2, 0) is 9.53 Å². The molecule has 0 bridgehead atoms. The van der Waals surface area contributed by atoms with Crippen LogP contribution in [0.25, 0.3) is 0 Å². The summed E-state index contributed by atoms with van der Waals surface area (Å²) in [7, 11) is 1.82. The van der Waals surface area contributed by atoms with E-state index in [2.05, 4.69) is 0 Å². The maximum absolute atomic E-state index is 11.8. The van der Waals surface area contributed by atoms with Gasteiger partial charge in [-0.3, -0.25) is 4.79 Å². The van der Waals surface area contributed by atoms with Gasteiger partial charge in [0.15, 0.2) is 0 Å². The predicted octanol–water partition coefficient (Wildman–Crippen LogP) is 0.465. The molecule has 2 atom stereocenters. The molecule has 0 aromatic heterocycles. The summed E-state index contributed by atoms with van der Waals surface area (Å²) in [5, 5.41) is 0. The number of rotatable bonds is 4. The number of nitrogens with zero attached hydrogens (tertiary/aromatic N) is 1. The summed E-state index contributed by atoms with van der Waals surface area (Å²) in [4.78, 5) is 13.6. The molecule has 1 aliphatic heterocycles. The first-order valence-corrected chi connectivity index (χ1v) is 5.60. The highest BCUT2D eigenvalue weighted by atomic mass is 16.5. The molecule has 2 unspecified atom stereocenters. The van der Waals surface area contributed by atoms with Gasteiger partial charge in [-0.05, 0) is 12.3 Å². The van der Waals surface area contributed by atoms with Crippen LogP contribution < -0.4 is 5.73 Å². The molecule has 0 aliphatic carbocycles. The highest BCUT2D eigenvalue weighted by molar-refractivity contribution is 5.81. The molecule has 0 aromatic rings. The van der Waals surface area contributed by atoms with E-state index in [0.717, 1.165) is 26.2 Å². The summed E-state index contributed by atoms with van der Waals surface area (Å²) >= 11 is 0. The summed E-state index contributed by atoms with van der Waals surface area (Å²) in [5.41, 5.74) is 5.81. The van der Waals surface area contributed by atoms with Gasteiger partial charge in [-0.2, -0.15) is 0 Å². The summed E-state index contributed by atoms with van der Waals surface area (Å²) in [6.45, 7) is 6.29. The molecule has 1 rings (SSSR count). The highest BCUT2D eigenvalue weighted by Crippen LogP contribution is 2.14. The van der Waals surface area contributed by atoms with E-state index in [4.69, 9.17) is 10.5 Å². The Morgan fingerprint density at radius 1 is 1.60 bits per heavy atom. The lowest BCUT2D eigenvalue weighted by molar-refractivity contribution is -0.132. The first-order valence-electron chi connectivity index (χ1n) is 5.60. The van der Waals surface area contributed by atoms with E-state index in [0.29, 0.717) is 5.92 Å². The van der Waals surface area contributed by atoms with Gasteiger partial charge in [0, 0.05) is 26.1 Å². The van der Waals surface area contributed by atoms with Crippen molar-refractivity contribution in [3.63, 3.8) is 0 Å². The van der Waals surface area contributed by atoms with Crippen molar-refractivity contribution >= 4 is 5.91 Å². The number of likely N-dealkylation sites (N-methyl/N-ethyl adjacent to an activating group) is 1. The Morgan fingerprint density at radius 2 is 2.27 bits per heavy atom. The van der Waals surface area contributed by atoms with Gasteiger partial charge in [-0.25, -0.2) is 0 Å². The summed E-state index contributed by atoms with van der Waals surface area (Å²) < 4.78 is 5.28. The van der Waals surface area contributed by atoms with Crippen molar-refractivity contribution in [1.82, 2.24) is 4.90 Å². The van der Waals surface area contributed by atoms with Crippen LogP contribution in [0.1, 0.15) is 20.3 Å². The molecule has 1 heterocycles. The first kappa shape index (κ1) is 12.5. The van der Waals surface area contributed by atoms with Gasteiger partial charge in [-0.15, -0.1) is 0 Å². The molecule has 0 aromatic carbocycles. The smallest absolute Gasteiger partial charge is 0.239 e. The Bertz CT molecular complexity index is 213. The minimum absolute atomic E-state index is 0.0388. The van der Waals surface area contributed by atoms with Gasteiger partial charge in [-0.1, -0.05) is 13.8 Å². The van der Waals surface area contributed by atoms with Gasteiger partial charge in [0.05, 0.1) is 12.6 Å². The number of nitrogens with two attached hydrogens (primary N) is 1. The van der Waals surface area contributed by atoms with Crippen LogP contribution in [-0.4, -0.2) is 43.7 Å². The third-order valence-electron chi connectivity index (χ3n) is 2.94. The molecule has 4 nitrogen and oxygen atoms in total. The van der Waals surface area contributed by atoms with Crippen molar-refractivity contribution in [2.24, 2.45) is 17.6 Å². The monoisotopic (exact) mass is 214 g/mol. The molecule has 1 amide bonds. The zero-order chi connectivity index (χ0) is 11.4. The third-order valence-corrected chi connectivity index (χ3v) is 2.94. The van der Waals surface area contributed by atoms with E-state index in [1.807, 2.05) is 20.9 Å². The second kappa shape index (κ2) is 5.47.